The van der Waals surface area contributed by atoms with E-state index in [-0.39, 0.29) is 11.5 Å². The van der Waals surface area contributed by atoms with E-state index in [0.29, 0.717) is 33.9 Å². The predicted molar refractivity (Wildman–Crippen MR) is 140 cm³/mol. The Kier molecular flexibility index (Phi) is 7.17. The van der Waals surface area contributed by atoms with Gasteiger partial charge in [0.2, 0.25) is 0 Å². The first-order valence-corrected chi connectivity index (χ1v) is 12.5. The number of carbonyl (C=O) groups is 1. The van der Waals surface area contributed by atoms with E-state index >= 15 is 0 Å². The molecule has 1 heterocycles. The lowest BCUT2D eigenvalue weighted by atomic mass is 10.1. The number of nitrogens with one attached hydrogen (secondary N) is 1. The van der Waals surface area contributed by atoms with Gasteiger partial charge in [0.05, 0.1) is 16.6 Å². The number of aryl methyl sites for hydroxylation is 3. The highest BCUT2D eigenvalue weighted by Gasteiger charge is 2.16. The van der Waals surface area contributed by atoms with Crippen molar-refractivity contribution >= 4 is 28.6 Å². The van der Waals surface area contributed by atoms with Gasteiger partial charge in [0, 0.05) is 17.9 Å². The smallest absolute Gasteiger partial charge is 0.266 e. The van der Waals surface area contributed by atoms with Crippen LogP contribution in [0, 0.1) is 20.8 Å². The third-order valence-electron chi connectivity index (χ3n) is 5.72. The largest absolute Gasteiger partial charge is 0.352 e. The highest BCUT2D eigenvalue weighted by Crippen LogP contribution is 2.27. The average molecular weight is 472 g/mol. The fraction of sp³-hybridized carbons (Fsp3) is 0.250. The molecule has 3 aromatic carbocycles. The molecule has 6 heteroatoms. The fourth-order valence-corrected chi connectivity index (χ4v) is 5.05. The van der Waals surface area contributed by atoms with Gasteiger partial charge in [-0.25, -0.2) is 4.98 Å². The highest BCUT2D eigenvalue weighted by atomic mass is 32.2. The molecule has 0 spiro atoms. The summed E-state index contributed by atoms with van der Waals surface area (Å²) in [6.07, 6.45) is 0.859. The summed E-state index contributed by atoms with van der Waals surface area (Å²) in [4.78, 5) is 31.1. The third kappa shape index (κ3) is 5.07. The molecular formula is C28H29N3O2S. The van der Waals surface area contributed by atoms with Gasteiger partial charge < -0.3 is 5.32 Å². The highest BCUT2D eigenvalue weighted by molar-refractivity contribution is 7.98. The summed E-state index contributed by atoms with van der Waals surface area (Å²) in [6, 6.07) is 19.4. The number of thioether (sulfide) groups is 1. The van der Waals surface area contributed by atoms with E-state index in [2.05, 4.69) is 30.4 Å². The molecule has 5 nitrogen and oxygen atoms in total. The first-order valence-electron chi connectivity index (χ1n) is 11.5. The maximum atomic E-state index is 13.7. The minimum absolute atomic E-state index is 0.136. The zero-order valence-corrected chi connectivity index (χ0v) is 20.8. The van der Waals surface area contributed by atoms with Crippen LogP contribution in [-0.2, 0) is 5.75 Å². The summed E-state index contributed by atoms with van der Waals surface area (Å²) in [5.41, 5.74) is 6.26. The molecule has 0 saturated carbocycles. The number of hydrogen-bond acceptors (Lipinski definition) is 4. The van der Waals surface area contributed by atoms with Crippen molar-refractivity contribution in [3.8, 4) is 5.69 Å². The number of nitrogens with zero attached hydrogens (tertiary/aromatic N) is 2. The molecule has 4 aromatic rings. The lowest BCUT2D eigenvalue weighted by Gasteiger charge is -2.15. The van der Waals surface area contributed by atoms with Crippen LogP contribution in [0.5, 0.6) is 0 Å². The molecule has 0 radical (unpaired) electrons. The molecule has 0 aliphatic carbocycles. The molecule has 0 atom stereocenters. The number of amides is 1. The van der Waals surface area contributed by atoms with Crippen LogP contribution in [0.1, 0.15) is 46.0 Å². The van der Waals surface area contributed by atoms with Crippen molar-refractivity contribution in [3.05, 3.63) is 98.8 Å². The van der Waals surface area contributed by atoms with Gasteiger partial charge in [-0.05, 0) is 79.8 Å². The monoisotopic (exact) mass is 471 g/mol. The number of rotatable bonds is 7. The van der Waals surface area contributed by atoms with Crippen molar-refractivity contribution in [2.75, 3.05) is 6.54 Å². The van der Waals surface area contributed by atoms with E-state index in [9.17, 15) is 9.59 Å². The lowest BCUT2D eigenvalue weighted by Crippen LogP contribution is -2.25. The number of carbonyl (C=O) groups excluding carboxylic acids is 1. The molecule has 0 fully saturated rings. The second kappa shape index (κ2) is 10.3. The molecule has 1 N–H and O–H groups in total. The summed E-state index contributed by atoms with van der Waals surface area (Å²) >= 11 is 1.53. The Morgan fingerprint density at radius 2 is 1.74 bits per heavy atom. The molecule has 0 aliphatic heterocycles. The molecule has 174 valence electrons. The van der Waals surface area contributed by atoms with Gasteiger partial charge in [-0.2, -0.15) is 0 Å². The molecule has 0 unspecified atom stereocenters. The fourth-order valence-electron chi connectivity index (χ4n) is 3.97. The Morgan fingerprint density at radius 3 is 2.44 bits per heavy atom. The van der Waals surface area contributed by atoms with Gasteiger partial charge in [-0.1, -0.05) is 49.0 Å². The predicted octanol–water partition coefficient (Wildman–Crippen LogP) is 5.74. The molecule has 1 amide bonds. The van der Waals surface area contributed by atoms with E-state index in [4.69, 9.17) is 4.98 Å². The number of aromatic nitrogens is 2. The van der Waals surface area contributed by atoms with Crippen LogP contribution in [0.2, 0.25) is 0 Å². The normalized spacial score (nSPS) is 11.1. The van der Waals surface area contributed by atoms with Gasteiger partial charge >= 0.3 is 0 Å². The van der Waals surface area contributed by atoms with Crippen molar-refractivity contribution in [1.29, 1.82) is 0 Å². The third-order valence-corrected chi connectivity index (χ3v) is 6.71. The van der Waals surface area contributed by atoms with Crippen LogP contribution in [0.4, 0.5) is 0 Å². The molecule has 34 heavy (non-hydrogen) atoms. The van der Waals surface area contributed by atoms with Crippen LogP contribution >= 0.6 is 11.8 Å². The van der Waals surface area contributed by atoms with Crippen LogP contribution < -0.4 is 10.9 Å². The molecule has 0 bridgehead atoms. The van der Waals surface area contributed by atoms with E-state index in [1.165, 1.54) is 22.9 Å². The summed E-state index contributed by atoms with van der Waals surface area (Å²) in [6.45, 7) is 8.75. The Balaban J connectivity index is 1.86. The first kappa shape index (κ1) is 23.8. The minimum Gasteiger partial charge on any atom is -0.352 e. The molecule has 1 aromatic heterocycles. The van der Waals surface area contributed by atoms with E-state index in [0.717, 1.165) is 23.2 Å². The Morgan fingerprint density at radius 1 is 1.00 bits per heavy atom. The van der Waals surface area contributed by atoms with Gasteiger partial charge in [0.1, 0.15) is 0 Å². The topological polar surface area (TPSA) is 64.0 Å². The average Bonchev–Trinajstić information content (AvgIpc) is 2.81. The van der Waals surface area contributed by atoms with Gasteiger partial charge in [-0.3, -0.25) is 14.2 Å². The summed E-state index contributed by atoms with van der Waals surface area (Å²) in [5.74, 6) is 0.532. The Bertz CT molecular complexity index is 1410. The lowest BCUT2D eigenvalue weighted by molar-refractivity contribution is 0.0954. The van der Waals surface area contributed by atoms with Crippen molar-refractivity contribution in [3.63, 3.8) is 0 Å². The maximum absolute atomic E-state index is 13.7. The Hall–Kier alpha value is -3.38. The zero-order valence-electron chi connectivity index (χ0n) is 20.0. The molecule has 0 aliphatic rings. The molecular weight excluding hydrogens is 442 g/mol. The molecule has 4 rings (SSSR count). The van der Waals surface area contributed by atoms with Crippen LogP contribution in [0.15, 0.2) is 70.6 Å². The van der Waals surface area contributed by atoms with E-state index < -0.39 is 0 Å². The first-order chi connectivity index (χ1) is 16.4. The maximum Gasteiger partial charge on any atom is 0.266 e. The van der Waals surface area contributed by atoms with E-state index in [1.54, 1.807) is 22.8 Å². The van der Waals surface area contributed by atoms with Crippen LogP contribution in [0.3, 0.4) is 0 Å². The van der Waals surface area contributed by atoms with Gasteiger partial charge in [0.25, 0.3) is 11.5 Å². The summed E-state index contributed by atoms with van der Waals surface area (Å²) in [5, 5.41) is 3.99. The second-order valence-electron chi connectivity index (χ2n) is 8.58. The van der Waals surface area contributed by atoms with Crippen molar-refractivity contribution in [2.24, 2.45) is 0 Å². The van der Waals surface area contributed by atoms with Gasteiger partial charge in [-0.15, -0.1) is 0 Å². The van der Waals surface area contributed by atoms with Crippen LogP contribution in [0.25, 0.3) is 16.6 Å². The Labute approximate surface area is 204 Å². The standard InChI is InChI=1S/C28H29N3O2S/c1-5-12-29-26(32)21-10-11-24-25(16-21)30-28(34-17-22-9-7-6-8-20(22)4)31(27(24)33)23-14-18(2)13-19(3)15-23/h6-11,13-16H,5,12,17H2,1-4H3,(H,29,32). The second-order valence-corrected chi connectivity index (χ2v) is 9.53. The molecule has 0 saturated heterocycles. The number of benzene rings is 3. The van der Waals surface area contributed by atoms with Crippen molar-refractivity contribution < 1.29 is 4.79 Å². The van der Waals surface area contributed by atoms with Crippen molar-refractivity contribution in [1.82, 2.24) is 14.9 Å². The number of hydrogen-bond donors (Lipinski definition) is 1. The van der Waals surface area contributed by atoms with Crippen molar-refractivity contribution in [2.45, 2.75) is 45.0 Å². The minimum atomic E-state index is -0.154. The number of fused-ring (bicyclic) bond motifs is 1. The van der Waals surface area contributed by atoms with E-state index in [1.807, 2.05) is 45.0 Å². The quantitative estimate of drug-likeness (QED) is 0.276. The SMILES string of the molecule is CCCNC(=O)c1ccc2c(=O)n(-c3cc(C)cc(C)c3)c(SCc3ccccc3C)nc2c1. The van der Waals surface area contributed by atoms with Gasteiger partial charge in [0.15, 0.2) is 5.16 Å². The summed E-state index contributed by atoms with van der Waals surface area (Å²) < 4.78 is 1.70. The zero-order chi connectivity index (χ0) is 24.2. The van der Waals surface area contributed by atoms with Crippen LogP contribution in [-0.4, -0.2) is 22.0 Å². The summed E-state index contributed by atoms with van der Waals surface area (Å²) in [7, 11) is 0.